The van der Waals surface area contributed by atoms with Crippen LogP contribution in [0.25, 0.3) is 0 Å². The average molecular weight is 129 g/mol. The molecule has 4 nitrogen and oxygen atoms in total. The highest BCUT2D eigenvalue weighted by Crippen LogP contribution is 1.87. The van der Waals surface area contributed by atoms with Crippen LogP contribution in [-0.4, -0.2) is 23.8 Å². The first kappa shape index (κ1) is 7.92. The maximum absolute atomic E-state index is 9.97. The van der Waals surface area contributed by atoms with Crippen molar-refractivity contribution in [3.05, 3.63) is 0 Å². The summed E-state index contributed by atoms with van der Waals surface area (Å²) in [6.45, 7) is 1.87. The van der Waals surface area contributed by atoms with Gasteiger partial charge in [0.05, 0.1) is 0 Å². The number of rotatable bonds is 3. The van der Waals surface area contributed by atoms with Gasteiger partial charge in [-0.3, -0.25) is 0 Å². The summed E-state index contributed by atoms with van der Waals surface area (Å²) in [5.41, 5.74) is 0. The number of carboxylic acids is 1. The zero-order chi connectivity index (χ0) is 7.28. The summed E-state index contributed by atoms with van der Waals surface area (Å²) in [4.78, 5) is 9.97. The standard InChI is InChI=1S/C5H7NO3/c1-2-9-4(3-6)5(7)8/h4H,2H2,1H3,(H,7,8). The lowest BCUT2D eigenvalue weighted by Gasteiger charge is -2.00. The van der Waals surface area contributed by atoms with Crippen LogP contribution in [0.4, 0.5) is 0 Å². The molecule has 0 aromatic carbocycles. The van der Waals surface area contributed by atoms with E-state index < -0.39 is 12.1 Å². The normalized spacial score (nSPS) is 12.0. The van der Waals surface area contributed by atoms with E-state index in [1.165, 1.54) is 6.07 Å². The topological polar surface area (TPSA) is 70.3 Å². The van der Waals surface area contributed by atoms with Crippen LogP contribution < -0.4 is 0 Å². The second kappa shape index (κ2) is 3.87. The van der Waals surface area contributed by atoms with Gasteiger partial charge in [-0.2, -0.15) is 5.26 Å². The van der Waals surface area contributed by atoms with Gasteiger partial charge in [-0.1, -0.05) is 0 Å². The summed E-state index contributed by atoms with van der Waals surface area (Å²) < 4.78 is 4.49. The van der Waals surface area contributed by atoms with E-state index in [-0.39, 0.29) is 6.61 Å². The number of carbonyl (C=O) groups is 1. The second-order valence-electron chi connectivity index (χ2n) is 1.30. The molecule has 4 heteroatoms. The third-order valence-electron chi connectivity index (χ3n) is 0.675. The molecule has 50 valence electrons. The van der Waals surface area contributed by atoms with E-state index in [4.69, 9.17) is 10.4 Å². The molecule has 9 heavy (non-hydrogen) atoms. The monoisotopic (exact) mass is 129 g/mol. The molecular formula is C5H7NO3. The predicted molar refractivity (Wildman–Crippen MR) is 28.7 cm³/mol. The van der Waals surface area contributed by atoms with Gasteiger partial charge in [0.1, 0.15) is 6.07 Å². The quantitative estimate of drug-likeness (QED) is 0.582. The molecule has 0 spiro atoms. The van der Waals surface area contributed by atoms with Crippen molar-refractivity contribution in [3.63, 3.8) is 0 Å². The molecule has 1 N–H and O–H groups in total. The van der Waals surface area contributed by atoms with Crippen LogP contribution in [0.2, 0.25) is 0 Å². The highest BCUT2D eigenvalue weighted by Gasteiger charge is 2.14. The summed E-state index contributed by atoms with van der Waals surface area (Å²) in [6, 6.07) is 1.48. The minimum absolute atomic E-state index is 0.241. The molecule has 0 fully saturated rings. The average Bonchev–Trinajstić information content (AvgIpc) is 1.82. The third-order valence-corrected chi connectivity index (χ3v) is 0.675. The van der Waals surface area contributed by atoms with Crippen molar-refractivity contribution in [1.82, 2.24) is 0 Å². The van der Waals surface area contributed by atoms with Crippen molar-refractivity contribution >= 4 is 5.97 Å². The Labute approximate surface area is 52.7 Å². The number of hydrogen-bond acceptors (Lipinski definition) is 3. The van der Waals surface area contributed by atoms with Gasteiger partial charge >= 0.3 is 5.97 Å². The van der Waals surface area contributed by atoms with E-state index in [1.54, 1.807) is 6.92 Å². The minimum atomic E-state index is -1.31. The van der Waals surface area contributed by atoms with Crippen LogP contribution in [-0.2, 0) is 9.53 Å². The van der Waals surface area contributed by atoms with Crippen LogP contribution >= 0.6 is 0 Å². The highest BCUT2D eigenvalue weighted by atomic mass is 16.5. The number of carboxylic acid groups (broad SMARTS) is 1. The van der Waals surface area contributed by atoms with Gasteiger partial charge in [0.2, 0.25) is 6.10 Å². The lowest BCUT2D eigenvalue weighted by Crippen LogP contribution is -2.21. The number of nitrogens with zero attached hydrogens (tertiary/aromatic N) is 1. The van der Waals surface area contributed by atoms with Gasteiger partial charge in [0.25, 0.3) is 0 Å². The van der Waals surface area contributed by atoms with Crippen LogP contribution in [0.5, 0.6) is 0 Å². The van der Waals surface area contributed by atoms with Gasteiger partial charge in [-0.25, -0.2) is 4.79 Å². The third kappa shape index (κ3) is 2.67. The fraction of sp³-hybridized carbons (Fsp3) is 0.600. The van der Waals surface area contributed by atoms with Crippen molar-refractivity contribution in [2.24, 2.45) is 0 Å². The highest BCUT2D eigenvalue weighted by molar-refractivity contribution is 5.75. The van der Waals surface area contributed by atoms with Crippen molar-refractivity contribution in [1.29, 1.82) is 5.26 Å². The van der Waals surface area contributed by atoms with Crippen LogP contribution in [0.1, 0.15) is 6.92 Å². The maximum atomic E-state index is 9.97. The zero-order valence-electron chi connectivity index (χ0n) is 5.00. The van der Waals surface area contributed by atoms with Gasteiger partial charge in [0, 0.05) is 6.61 Å². The Morgan fingerprint density at radius 1 is 2.00 bits per heavy atom. The predicted octanol–water partition coefficient (Wildman–Crippen LogP) is -0.000320. The summed E-state index contributed by atoms with van der Waals surface area (Å²) in [5.74, 6) is -1.24. The number of ether oxygens (including phenoxy) is 1. The summed E-state index contributed by atoms with van der Waals surface area (Å²) in [5, 5.41) is 16.2. The molecule has 0 aliphatic heterocycles. The van der Waals surface area contributed by atoms with E-state index in [2.05, 4.69) is 4.74 Å². The Bertz CT molecular complexity index is 138. The molecule has 0 heterocycles. The number of aliphatic carboxylic acids is 1. The van der Waals surface area contributed by atoms with E-state index >= 15 is 0 Å². The van der Waals surface area contributed by atoms with E-state index in [9.17, 15) is 4.79 Å². The number of hydrogen-bond donors (Lipinski definition) is 1. The first-order chi connectivity index (χ1) is 4.22. The Hall–Kier alpha value is -1.08. The number of nitriles is 1. The first-order valence-electron chi connectivity index (χ1n) is 2.46. The largest absolute Gasteiger partial charge is 0.479 e. The zero-order valence-corrected chi connectivity index (χ0v) is 5.00. The van der Waals surface area contributed by atoms with Gasteiger partial charge in [-0.05, 0) is 6.92 Å². The molecule has 1 atom stereocenters. The molecule has 0 saturated heterocycles. The minimum Gasteiger partial charge on any atom is -0.479 e. The fourth-order valence-corrected chi connectivity index (χ4v) is 0.330. The SMILES string of the molecule is CCOC(C#N)C(=O)O. The first-order valence-corrected chi connectivity index (χ1v) is 2.46. The van der Waals surface area contributed by atoms with E-state index in [1.807, 2.05) is 0 Å². The summed E-state index contributed by atoms with van der Waals surface area (Å²) in [7, 11) is 0. The molecule has 0 aliphatic carbocycles. The van der Waals surface area contributed by atoms with Crippen LogP contribution in [0.3, 0.4) is 0 Å². The fourth-order valence-electron chi connectivity index (χ4n) is 0.330. The van der Waals surface area contributed by atoms with Gasteiger partial charge in [-0.15, -0.1) is 0 Å². The Balaban J connectivity index is 3.72. The van der Waals surface area contributed by atoms with Gasteiger partial charge in [0.15, 0.2) is 0 Å². The second-order valence-corrected chi connectivity index (χ2v) is 1.30. The van der Waals surface area contributed by atoms with Crippen molar-refractivity contribution in [2.75, 3.05) is 6.61 Å². The van der Waals surface area contributed by atoms with E-state index in [0.29, 0.717) is 0 Å². The molecule has 0 aliphatic rings. The summed E-state index contributed by atoms with van der Waals surface area (Å²) in [6.07, 6.45) is -1.31. The molecule has 0 amide bonds. The smallest absolute Gasteiger partial charge is 0.347 e. The Morgan fingerprint density at radius 2 is 2.56 bits per heavy atom. The molecule has 0 aromatic heterocycles. The lowest BCUT2D eigenvalue weighted by atomic mass is 10.4. The molecule has 0 aromatic rings. The molecule has 0 radical (unpaired) electrons. The molecule has 1 unspecified atom stereocenters. The molecule has 0 saturated carbocycles. The van der Waals surface area contributed by atoms with Crippen LogP contribution in [0, 0.1) is 11.3 Å². The van der Waals surface area contributed by atoms with Crippen molar-refractivity contribution in [2.45, 2.75) is 13.0 Å². The molecule has 0 rings (SSSR count). The van der Waals surface area contributed by atoms with Crippen LogP contribution in [0.15, 0.2) is 0 Å². The Kier molecular flexibility index (Phi) is 3.40. The Morgan fingerprint density at radius 3 is 2.67 bits per heavy atom. The lowest BCUT2D eigenvalue weighted by molar-refractivity contribution is -0.146. The summed E-state index contributed by atoms with van der Waals surface area (Å²) >= 11 is 0. The maximum Gasteiger partial charge on any atom is 0.347 e. The van der Waals surface area contributed by atoms with Crippen molar-refractivity contribution in [3.8, 4) is 6.07 Å². The molecular weight excluding hydrogens is 122 g/mol. The van der Waals surface area contributed by atoms with Crippen molar-refractivity contribution < 1.29 is 14.6 Å². The van der Waals surface area contributed by atoms with Gasteiger partial charge < -0.3 is 9.84 Å². The van der Waals surface area contributed by atoms with E-state index in [0.717, 1.165) is 0 Å². The molecule has 0 bridgehead atoms.